The molecule has 7 heteroatoms. The Morgan fingerprint density at radius 1 is 1.04 bits per heavy atom. The molecule has 1 aliphatic rings. The van der Waals surface area contributed by atoms with E-state index in [0.717, 1.165) is 12.3 Å². The molecule has 1 aliphatic heterocycles. The van der Waals surface area contributed by atoms with Gasteiger partial charge in [-0.2, -0.15) is 0 Å². The van der Waals surface area contributed by atoms with Crippen LogP contribution in [0.2, 0.25) is 5.02 Å². The van der Waals surface area contributed by atoms with Crippen LogP contribution < -0.4 is 0 Å². The van der Waals surface area contributed by atoms with Crippen molar-refractivity contribution in [3.63, 3.8) is 0 Å². The van der Waals surface area contributed by atoms with Gasteiger partial charge in [-0.3, -0.25) is 4.79 Å². The van der Waals surface area contributed by atoms with Gasteiger partial charge in [-0.05, 0) is 61.9 Å². The predicted molar refractivity (Wildman–Crippen MR) is 97.9 cm³/mol. The molecule has 0 spiro atoms. The number of carbonyl (C=O) groups is 1. The number of sulfone groups is 1. The van der Waals surface area contributed by atoms with E-state index in [1.807, 2.05) is 0 Å². The number of ketones is 1. The van der Waals surface area contributed by atoms with Crippen molar-refractivity contribution in [3.05, 3.63) is 64.4 Å². The fourth-order valence-corrected chi connectivity index (χ4v) is 3.63. The molecule has 2 aromatic carbocycles. The van der Waals surface area contributed by atoms with E-state index in [1.165, 1.54) is 24.3 Å². The summed E-state index contributed by atoms with van der Waals surface area (Å²) >= 11 is 5.93. The highest BCUT2D eigenvalue weighted by atomic mass is 35.5. The monoisotopic (exact) mass is 394 g/mol. The van der Waals surface area contributed by atoms with Gasteiger partial charge in [0, 0.05) is 16.8 Å². The second kappa shape index (κ2) is 6.21. The number of rotatable bonds is 3. The summed E-state index contributed by atoms with van der Waals surface area (Å²) in [5, 5.41) is 0.164. The molecular formula is C19H16ClFO4S. The summed E-state index contributed by atoms with van der Waals surface area (Å²) in [6.45, 7) is 3.24. The summed E-state index contributed by atoms with van der Waals surface area (Å²) in [5.41, 5.74) is -0.0816. The molecule has 0 amide bonds. The van der Waals surface area contributed by atoms with Crippen molar-refractivity contribution in [1.82, 2.24) is 0 Å². The lowest BCUT2D eigenvalue weighted by molar-refractivity contribution is -0.125. The van der Waals surface area contributed by atoms with Gasteiger partial charge in [-0.1, -0.05) is 11.6 Å². The third kappa shape index (κ3) is 3.39. The van der Waals surface area contributed by atoms with E-state index in [1.54, 1.807) is 26.0 Å². The minimum atomic E-state index is -3.34. The van der Waals surface area contributed by atoms with E-state index in [2.05, 4.69) is 0 Å². The lowest BCUT2D eigenvalue weighted by Gasteiger charge is -2.17. The molecule has 1 heterocycles. The fourth-order valence-electron chi connectivity index (χ4n) is 2.77. The van der Waals surface area contributed by atoms with E-state index in [0.29, 0.717) is 11.1 Å². The maximum absolute atomic E-state index is 13.8. The van der Waals surface area contributed by atoms with Gasteiger partial charge in [0.2, 0.25) is 5.78 Å². The third-order valence-electron chi connectivity index (χ3n) is 4.05. The predicted octanol–water partition coefficient (Wildman–Crippen LogP) is 4.13. The van der Waals surface area contributed by atoms with Gasteiger partial charge in [0.25, 0.3) is 0 Å². The normalized spacial score (nSPS) is 16.7. The number of hydrogen-bond donors (Lipinski definition) is 0. The lowest BCUT2D eigenvalue weighted by Crippen LogP contribution is -2.29. The first kappa shape index (κ1) is 18.6. The van der Waals surface area contributed by atoms with Gasteiger partial charge in [-0.25, -0.2) is 12.8 Å². The van der Waals surface area contributed by atoms with E-state index in [-0.39, 0.29) is 27.0 Å². The fraction of sp³-hybridized carbons (Fsp3) is 0.211. The summed E-state index contributed by atoms with van der Waals surface area (Å²) in [6, 6.07) is 9.85. The zero-order valence-corrected chi connectivity index (χ0v) is 15.9. The Morgan fingerprint density at radius 3 is 2.19 bits per heavy atom. The Labute approximate surface area is 156 Å². The van der Waals surface area contributed by atoms with Crippen LogP contribution in [-0.2, 0) is 19.4 Å². The molecule has 0 unspecified atom stereocenters. The molecule has 2 aromatic rings. The van der Waals surface area contributed by atoms with Crippen LogP contribution >= 0.6 is 11.6 Å². The summed E-state index contributed by atoms with van der Waals surface area (Å²) in [5.74, 6) is -0.604. The number of Topliss-reactive ketones (excluding diaryl/α,β-unsaturated/α-hetero) is 1. The number of hydrogen-bond acceptors (Lipinski definition) is 4. The Balaban J connectivity index is 2.20. The minimum absolute atomic E-state index is 0.154. The molecule has 0 atom stereocenters. The molecule has 0 radical (unpaired) electrons. The maximum atomic E-state index is 13.8. The highest BCUT2D eigenvalue weighted by Crippen LogP contribution is 2.42. The van der Waals surface area contributed by atoms with Gasteiger partial charge in [0.15, 0.2) is 15.4 Å². The number of halogens is 2. The molecule has 0 aliphatic carbocycles. The van der Waals surface area contributed by atoms with Crippen LogP contribution in [0.3, 0.4) is 0 Å². The quantitative estimate of drug-likeness (QED) is 0.785. The second-order valence-corrected chi connectivity index (χ2v) is 9.05. The van der Waals surface area contributed by atoms with Gasteiger partial charge in [0.1, 0.15) is 11.6 Å². The van der Waals surface area contributed by atoms with Gasteiger partial charge in [0.05, 0.1) is 10.5 Å². The van der Waals surface area contributed by atoms with Crippen molar-refractivity contribution in [2.45, 2.75) is 24.3 Å². The smallest absolute Gasteiger partial charge is 0.210 e. The van der Waals surface area contributed by atoms with Crippen LogP contribution in [0.4, 0.5) is 4.39 Å². The largest absolute Gasteiger partial charge is 0.478 e. The van der Waals surface area contributed by atoms with E-state index < -0.39 is 21.3 Å². The standard InChI is InChI=1S/C19H16ClFO4S/c1-19(2)18(22)16(12-8-13(20)10-14(21)9-12)17(25-19)11-4-6-15(7-5-11)26(3,23)24/h4-10H,1-3H3. The van der Waals surface area contributed by atoms with Crippen LogP contribution in [0.1, 0.15) is 25.0 Å². The molecule has 0 bridgehead atoms. The molecule has 0 aromatic heterocycles. The lowest BCUT2D eigenvalue weighted by atomic mass is 9.92. The second-order valence-electron chi connectivity index (χ2n) is 6.60. The molecular weight excluding hydrogens is 379 g/mol. The molecule has 0 saturated heterocycles. The van der Waals surface area contributed by atoms with E-state index in [9.17, 15) is 17.6 Å². The Hall–Kier alpha value is -2.18. The van der Waals surface area contributed by atoms with Crippen molar-refractivity contribution in [1.29, 1.82) is 0 Å². The molecule has 26 heavy (non-hydrogen) atoms. The van der Waals surface area contributed by atoms with Crippen molar-refractivity contribution in [2.24, 2.45) is 0 Å². The zero-order chi connectivity index (χ0) is 19.3. The van der Waals surface area contributed by atoms with Crippen LogP contribution in [0, 0.1) is 5.82 Å². The number of benzene rings is 2. The average Bonchev–Trinajstić information content (AvgIpc) is 2.76. The van der Waals surface area contributed by atoms with Gasteiger partial charge >= 0.3 is 0 Å². The Bertz CT molecular complexity index is 1020. The summed E-state index contributed by atoms with van der Waals surface area (Å²) in [6.07, 6.45) is 1.11. The average molecular weight is 395 g/mol. The first-order chi connectivity index (χ1) is 12.0. The summed E-state index contributed by atoms with van der Waals surface area (Å²) in [4.78, 5) is 13.0. The maximum Gasteiger partial charge on any atom is 0.210 e. The Morgan fingerprint density at radius 2 is 1.65 bits per heavy atom. The Kier molecular flexibility index (Phi) is 4.45. The topological polar surface area (TPSA) is 60.4 Å². The van der Waals surface area contributed by atoms with Gasteiger partial charge < -0.3 is 4.74 Å². The van der Waals surface area contributed by atoms with Crippen LogP contribution in [0.5, 0.6) is 0 Å². The molecule has 0 saturated carbocycles. The van der Waals surface area contributed by atoms with E-state index in [4.69, 9.17) is 16.3 Å². The molecule has 4 nitrogen and oxygen atoms in total. The van der Waals surface area contributed by atoms with Crippen molar-refractivity contribution in [3.8, 4) is 0 Å². The third-order valence-corrected chi connectivity index (χ3v) is 5.40. The van der Waals surface area contributed by atoms with Crippen LogP contribution in [-0.4, -0.2) is 26.1 Å². The van der Waals surface area contributed by atoms with Crippen molar-refractivity contribution >= 4 is 38.6 Å². The minimum Gasteiger partial charge on any atom is -0.478 e. The molecule has 136 valence electrons. The SMILES string of the molecule is CC1(C)OC(c2ccc(S(C)(=O)=O)cc2)=C(c2cc(F)cc(Cl)c2)C1=O. The van der Waals surface area contributed by atoms with E-state index >= 15 is 0 Å². The first-order valence-corrected chi connectivity index (χ1v) is 10.0. The van der Waals surface area contributed by atoms with Crippen LogP contribution in [0.15, 0.2) is 47.4 Å². The van der Waals surface area contributed by atoms with Crippen molar-refractivity contribution < 1.29 is 22.3 Å². The zero-order valence-electron chi connectivity index (χ0n) is 14.3. The number of carbonyl (C=O) groups excluding carboxylic acids is 1. The molecule has 3 rings (SSSR count). The molecule has 0 N–H and O–H groups in total. The highest BCUT2D eigenvalue weighted by Gasteiger charge is 2.43. The first-order valence-electron chi connectivity index (χ1n) is 7.74. The highest BCUT2D eigenvalue weighted by molar-refractivity contribution is 7.90. The van der Waals surface area contributed by atoms with Crippen LogP contribution in [0.25, 0.3) is 11.3 Å². The van der Waals surface area contributed by atoms with Gasteiger partial charge in [-0.15, -0.1) is 0 Å². The number of ether oxygens (including phenoxy) is 1. The summed E-state index contributed by atoms with van der Waals surface area (Å²) < 4.78 is 42.9. The molecule has 0 fully saturated rings. The summed E-state index contributed by atoms with van der Waals surface area (Å²) in [7, 11) is -3.34. The van der Waals surface area contributed by atoms with Crippen molar-refractivity contribution in [2.75, 3.05) is 6.26 Å².